The lowest BCUT2D eigenvalue weighted by Gasteiger charge is -2.19. The number of hydrogen-bond donors (Lipinski definition) is 2. The minimum absolute atomic E-state index is 0.0990. The molecule has 0 bridgehead atoms. The smallest absolute Gasteiger partial charge is 0.409 e. The maximum Gasteiger partial charge on any atom is 0.409 e. The van der Waals surface area contributed by atoms with E-state index in [9.17, 15) is 28.8 Å². The van der Waals surface area contributed by atoms with Gasteiger partial charge in [-0.1, -0.05) is 26.3 Å². The lowest BCUT2D eigenvalue weighted by Crippen LogP contribution is -2.42. The van der Waals surface area contributed by atoms with Crippen molar-refractivity contribution in [3.8, 4) is 0 Å². The predicted molar refractivity (Wildman–Crippen MR) is 135 cm³/mol. The van der Waals surface area contributed by atoms with Crippen LogP contribution in [0.2, 0.25) is 0 Å². The van der Waals surface area contributed by atoms with Gasteiger partial charge in [0.1, 0.15) is 26.4 Å². The monoisotopic (exact) mass is 554 g/mol. The molecule has 0 radical (unpaired) electrons. The summed E-state index contributed by atoms with van der Waals surface area (Å²) in [5.41, 5.74) is 0.396. The number of carbonyl (C=O) groups is 6. The summed E-state index contributed by atoms with van der Waals surface area (Å²) in [5, 5.41) is 4.37. The third kappa shape index (κ3) is 16.0. The second kappa shape index (κ2) is 17.8. The first-order chi connectivity index (χ1) is 18.1. The van der Waals surface area contributed by atoms with E-state index in [-0.39, 0.29) is 22.3 Å². The van der Waals surface area contributed by atoms with Crippen molar-refractivity contribution < 1.29 is 57.2 Å². The molecule has 2 N–H and O–H groups in total. The van der Waals surface area contributed by atoms with Crippen molar-refractivity contribution in [2.75, 3.05) is 33.1 Å². The van der Waals surface area contributed by atoms with E-state index in [0.29, 0.717) is 0 Å². The third-order valence-electron chi connectivity index (χ3n) is 4.01. The fraction of sp³-hybridized carbons (Fsp3) is 0.440. The first kappa shape index (κ1) is 34.4. The zero-order valence-electron chi connectivity index (χ0n) is 22.4. The average Bonchev–Trinajstić information content (AvgIpc) is 2.85. The van der Waals surface area contributed by atoms with Crippen LogP contribution in [0.1, 0.15) is 27.7 Å². The number of esters is 4. The van der Waals surface area contributed by atoms with Crippen LogP contribution < -0.4 is 10.6 Å². The van der Waals surface area contributed by atoms with Gasteiger partial charge in [0, 0.05) is 22.3 Å². The maximum atomic E-state index is 12.1. The zero-order valence-corrected chi connectivity index (χ0v) is 22.4. The lowest BCUT2D eigenvalue weighted by molar-refractivity contribution is -0.149. The molecule has 0 aliphatic heterocycles. The topological polar surface area (TPSA) is 182 Å². The minimum atomic E-state index is -1.20. The lowest BCUT2D eigenvalue weighted by atomic mass is 10.3. The van der Waals surface area contributed by atoms with Gasteiger partial charge in [0.25, 0.3) is 0 Å². The fourth-order valence-corrected chi connectivity index (χ4v) is 1.97. The SMILES string of the molecule is C=C(C)C(=O)OCC(COC(=O)C(=C)C)OC(=O)NCNC(=O)OC(COC(=O)C(=C)C)COC(=O)C(=C)C. The van der Waals surface area contributed by atoms with Crippen molar-refractivity contribution in [3.05, 3.63) is 48.6 Å². The van der Waals surface area contributed by atoms with Crippen LogP contribution in [0.4, 0.5) is 9.59 Å². The van der Waals surface area contributed by atoms with E-state index >= 15 is 0 Å². The highest BCUT2D eigenvalue weighted by Gasteiger charge is 2.22. The highest BCUT2D eigenvalue weighted by atomic mass is 16.6. The van der Waals surface area contributed by atoms with Crippen LogP contribution in [0, 0.1) is 0 Å². The van der Waals surface area contributed by atoms with Crippen molar-refractivity contribution in [2.24, 2.45) is 0 Å². The van der Waals surface area contributed by atoms with Gasteiger partial charge in [-0.15, -0.1) is 0 Å². The molecule has 0 saturated heterocycles. The largest absolute Gasteiger partial charge is 0.458 e. The second-order valence-electron chi connectivity index (χ2n) is 8.10. The van der Waals surface area contributed by atoms with Crippen LogP contribution in [0.5, 0.6) is 0 Å². The molecule has 39 heavy (non-hydrogen) atoms. The number of hydrogen-bond acceptors (Lipinski definition) is 12. The standard InChI is InChI=1S/C25H34N2O12/c1-14(2)20(28)34-9-18(10-35-21(29)15(3)4)38-24(32)26-13-27-25(33)39-19(11-36-22(30)16(5)6)12-37-23(31)17(7)8/h18-19H,1,3,5,7,9-13H2,2,4,6,8H3,(H,26,32)(H,27,33). The number of amides is 2. The van der Waals surface area contributed by atoms with Crippen LogP contribution in [0.15, 0.2) is 48.6 Å². The highest BCUT2D eigenvalue weighted by molar-refractivity contribution is 5.88. The fourth-order valence-electron chi connectivity index (χ4n) is 1.97. The molecule has 0 aromatic rings. The van der Waals surface area contributed by atoms with Crippen LogP contribution >= 0.6 is 0 Å². The summed E-state index contributed by atoms with van der Waals surface area (Å²) in [5.74, 6) is -3.01. The van der Waals surface area contributed by atoms with E-state index in [1.54, 1.807) is 0 Å². The Morgan fingerprint density at radius 1 is 0.513 bits per heavy atom. The molecule has 0 saturated carbocycles. The molecule has 0 fully saturated rings. The molecule has 0 heterocycles. The number of nitrogens with one attached hydrogen (secondary N) is 2. The Balaban J connectivity index is 4.89. The molecule has 0 unspecified atom stereocenters. The van der Waals surface area contributed by atoms with Crippen LogP contribution in [0.3, 0.4) is 0 Å². The molecule has 0 aliphatic rings. The molecular weight excluding hydrogens is 520 g/mol. The molecule has 0 spiro atoms. The molecule has 0 atom stereocenters. The predicted octanol–water partition coefficient (Wildman–Crippen LogP) is 1.61. The summed E-state index contributed by atoms with van der Waals surface area (Å²) in [6.45, 7) is 17.0. The van der Waals surface area contributed by atoms with Gasteiger partial charge in [-0.3, -0.25) is 0 Å². The maximum absolute atomic E-state index is 12.1. The van der Waals surface area contributed by atoms with E-state index < -0.39 is 81.4 Å². The van der Waals surface area contributed by atoms with E-state index in [2.05, 4.69) is 36.9 Å². The van der Waals surface area contributed by atoms with Gasteiger partial charge >= 0.3 is 36.1 Å². The van der Waals surface area contributed by atoms with Crippen LogP contribution in [-0.4, -0.2) is 81.4 Å². The van der Waals surface area contributed by atoms with Gasteiger partial charge in [-0.2, -0.15) is 0 Å². The Morgan fingerprint density at radius 2 is 0.744 bits per heavy atom. The summed E-state index contributed by atoms with van der Waals surface area (Å²) < 4.78 is 29.8. The Labute approximate surface area is 225 Å². The van der Waals surface area contributed by atoms with Crippen molar-refractivity contribution in [1.29, 1.82) is 0 Å². The summed E-state index contributed by atoms with van der Waals surface area (Å²) in [6, 6.07) is 0. The Morgan fingerprint density at radius 3 is 0.949 bits per heavy atom. The molecule has 14 heteroatoms. The van der Waals surface area contributed by atoms with Crippen molar-refractivity contribution in [3.63, 3.8) is 0 Å². The Kier molecular flexibility index (Phi) is 15.7. The molecular formula is C25H34N2O12. The number of ether oxygens (including phenoxy) is 6. The normalized spacial score (nSPS) is 10.0. The van der Waals surface area contributed by atoms with Crippen LogP contribution in [-0.2, 0) is 47.6 Å². The van der Waals surface area contributed by atoms with Crippen molar-refractivity contribution >= 4 is 36.1 Å². The second-order valence-corrected chi connectivity index (χ2v) is 8.10. The summed E-state index contributed by atoms with van der Waals surface area (Å²) in [6.07, 6.45) is -4.53. The summed E-state index contributed by atoms with van der Waals surface area (Å²) >= 11 is 0. The minimum Gasteiger partial charge on any atom is -0.458 e. The first-order valence-electron chi connectivity index (χ1n) is 11.3. The molecule has 0 aromatic heterocycles. The molecule has 0 aliphatic carbocycles. The van der Waals surface area contributed by atoms with Gasteiger partial charge in [-0.25, -0.2) is 28.8 Å². The number of carbonyl (C=O) groups excluding carboxylic acids is 6. The molecule has 2 amide bonds. The van der Waals surface area contributed by atoms with Gasteiger partial charge in [0.05, 0.1) is 6.67 Å². The third-order valence-corrected chi connectivity index (χ3v) is 4.01. The van der Waals surface area contributed by atoms with Gasteiger partial charge in [0.15, 0.2) is 12.2 Å². The molecule has 0 rings (SSSR count). The van der Waals surface area contributed by atoms with Crippen molar-refractivity contribution in [2.45, 2.75) is 39.9 Å². The van der Waals surface area contributed by atoms with Gasteiger partial charge in [-0.05, 0) is 27.7 Å². The number of rotatable bonds is 16. The van der Waals surface area contributed by atoms with Crippen molar-refractivity contribution in [1.82, 2.24) is 10.6 Å². The Bertz CT molecular complexity index is 863. The summed E-state index contributed by atoms with van der Waals surface area (Å²) in [4.78, 5) is 70.7. The molecule has 14 nitrogen and oxygen atoms in total. The van der Waals surface area contributed by atoms with E-state index in [4.69, 9.17) is 28.4 Å². The highest BCUT2D eigenvalue weighted by Crippen LogP contribution is 2.04. The molecule has 216 valence electrons. The average molecular weight is 555 g/mol. The van der Waals surface area contributed by atoms with E-state index in [1.807, 2.05) is 0 Å². The van der Waals surface area contributed by atoms with Crippen LogP contribution in [0.25, 0.3) is 0 Å². The quantitative estimate of drug-likeness (QED) is 0.122. The summed E-state index contributed by atoms with van der Waals surface area (Å²) in [7, 11) is 0. The molecule has 0 aromatic carbocycles. The van der Waals surface area contributed by atoms with E-state index in [0.717, 1.165) is 0 Å². The van der Waals surface area contributed by atoms with Gasteiger partial charge in [0.2, 0.25) is 0 Å². The Hall–Kier alpha value is -4.62. The first-order valence-corrected chi connectivity index (χ1v) is 11.3. The van der Waals surface area contributed by atoms with Gasteiger partial charge < -0.3 is 39.1 Å². The zero-order chi connectivity index (χ0) is 30.1. The van der Waals surface area contributed by atoms with E-state index in [1.165, 1.54) is 27.7 Å². The number of alkyl carbamates (subject to hydrolysis) is 2.